The first-order valence-corrected chi connectivity index (χ1v) is 6.74. The molecule has 0 bridgehead atoms. The average molecular weight is 264 g/mol. The maximum absolute atomic E-state index is 13.2. The summed E-state index contributed by atoms with van der Waals surface area (Å²) in [4.78, 5) is 12.3. The zero-order chi connectivity index (χ0) is 14.0. The third-order valence-electron chi connectivity index (χ3n) is 4.05. The van der Waals surface area contributed by atoms with Crippen LogP contribution in [0.4, 0.5) is 4.39 Å². The van der Waals surface area contributed by atoms with Gasteiger partial charge in [-0.1, -0.05) is 12.1 Å². The predicted octanol–water partition coefficient (Wildman–Crippen LogP) is 2.17. The van der Waals surface area contributed by atoms with Crippen LogP contribution in [0.1, 0.15) is 38.2 Å². The molecule has 0 radical (unpaired) electrons. The van der Waals surface area contributed by atoms with Gasteiger partial charge in [-0.15, -0.1) is 0 Å². The fourth-order valence-electron chi connectivity index (χ4n) is 2.36. The number of halogens is 1. The van der Waals surface area contributed by atoms with Gasteiger partial charge in [0, 0.05) is 6.54 Å². The third kappa shape index (κ3) is 3.13. The lowest BCUT2D eigenvalue weighted by Crippen LogP contribution is -2.54. The molecule has 0 heterocycles. The Morgan fingerprint density at radius 2 is 2.26 bits per heavy atom. The van der Waals surface area contributed by atoms with Crippen LogP contribution in [0.15, 0.2) is 24.3 Å². The lowest BCUT2D eigenvalue weighted by Gasteiger charge is -2.31. The first-order valence-electron chi connectivity index (χ1n) is 6.74. The number of hydrogen-bond acceptors (Lipinski definition) is 2. The Labute approximate surface area is 113 Å². The Kier molecular flexibility index (Phi) is 3.90. The molecule has 0 aromatic heterocycles. The van der Waals surface area contributed by atoms with Gasteiger partial charge in [0.25, 0.3) is 0 Å². The Balaban J connectivity index is 2.07. The second-order valence-corrected chi connectivity index (χ2v) is 5.66. The highest BCUT2D eigenvalue weighted by Crippen LogP contribution is 2.39. The molecule has 1 aromatic carbocycles. The van der Waals surface area contributed by atoms with E-state index in [0.29, 0.717) is 18.0 Å². The van der Waals surface area contributed by atoms with Gasteiger partial charge >= 0.3 is 0 Å². The molecule has 19 heavy (non-hydrogen) atoms. The van der Waals surface area contributed by atoms with Crippen LogP contribution < -0.4 is 11.1 Å². The lowest BCUT2D eigenvalue weighted by atomic mass is 9.93. The van der Waals surface area contributed by atoms with Gasteiger partial charge in [0.1, 0.15) is 5.82 Å². The van der Waals surface area contributed by atoms with Crippen molar-refractivity contribution in [3.8, 4) is 0 Å². The number of carbonyl (C=O) groups is 1. The molecule has 0 saturated heterocycles. The van der Waals surface area contributed by atoms with Crippen molar-refractivity contribution >= 4 is 5.91 Å². The molecule has 2 rings (SSSR count). The summed E-state index contributed by atoms with van der Waals surface area (Å²) in [6, 6.07) is 6.17. The fraction of sp³-hybridized carbons (Fsp3) is 0.533. The van der Waals surface area contributed by atoms with Crippen molar-refractivity contribution in [1.29, 1.82) is 0 Å². The Morgan fingerprint density at radius 1 is 1.58 bits per heavy atom. The molecule has 1 aromatic rings. The highest BCUT2D eigenvalue weighted by molar-refractivity contribution is 5.84. The van der Waals surface area contributed by atoms with Crippen LogP contribution in [-0.2, 0) is 4.79 Å². The van der Waals surface area contributed by atoms with Crippen LogP contribution in [0.2, 0.25) is 0 Å². The van der Waals surface area contributed by atoms with E-state index in [4.69, 9.17) is 5.73 Å². The molecule has 0 aliphatic heterocycles. The van der Waals surface area contributed by atoms with Crippen LogP contribution in [0, 0.1) is 11.7 Å². The monoisotopic (exact) mass is 264 g/mol. The van der Waals surface area contributed by atoms with Crippen molar-refractivity contribution < 1.29 is 9.18 Å². The minimum atomic E-state index is -0.375. The van der Waals surface area contributed by atoms with Gasteiger partial charge in [-0.2, -0.15) is 0 Å². The first kappa shape index (κ1) is 14.0. The zero-order valence-electron chi connectivity index (χ0n) is 11.4. The summed E-state index contributed by atoms with van der Waals surface area (Å²) in [5.74, 6) is -0.312. The summed E-state index contributed by atoms with van der Waals surface area (Å²) in [6.07, 6.45) is 2.23. The molecule has 3 N–H and O–H groups in total. The number of hydrogen-bond donors (Lipinski definition) is 2. The number of nitrogens with two attached hydrogens (primary N) is 1. The Morgan fingerprint density at radius 3 is 2.79 bits per heavy atom. The molecule has 2 atom stereocenters. The van der Waals surface area contributed by atoms with Crippen molar-refractivity contribution in [3.05, 3.63) is 35.6 Å². The van der Waals surface area contributed by atoms with Gasteiger partial charge in [0.2, 0.25) is 5.91 Å². The average Bonchev–Trinajstić information content (AvgIpc) is 3.22. The third-order valence-corrected chi connectivity index (χ3v) is 4.05. The maximum atomic E-state index is 13.2. The van der Waals surface area contributed by atoms with E-state index in [1.807, 2.05) is 6.92 Å². The second kappa shape index (κ2) is 5.29. The van der Waals surface area contributed by atoms with Crippen molar-refractivity contribution in [2.24, 2.45) is 11.7 Å². The van der Waals surface area contributed by atoms with Crippen LogP contribution in [0.3, 0.4) is 0 Å². The zero-order valence-corrected chi connectivity index (χ0v) is 11.4. The minimum Gasteiger partial charge on any atom is -0.349 e. The minimum absolute atomic E-state index is 0.0922. The molecular weight excluding hydrogens is 243 g/mol. The SMILES string of the molecule is CC(C(=O)NC(C)(CN)C1CC1)c1cccc(F)c1. The highest BCUT2D eigenvalue weighted by atomic mass is 19.1. The number of rotatable bonds is 5. The van der Waals surface area contributed by atoms with E-state index in [1.54, 1.807) is 19.1 Å². The molecule has 104 valence electrons. The molecule has 1 aliphatic carbocycles. The quantitative estimate of drug-likeness (QED) is 0.856. The number of amides is 1. The van der Waals surface area contributed by atoms with E-state index in [0.717, 1.165) is 12.8 Å². The van der Waals surface area contributed by atoms with Crippen molar-refractivity contribution in [1.82, 2.24) is 5.32 Å². The van der Waals surface area contributed by atoms with E-state index in [-0.39, 0.29) is 23.2 Å². The van der Waals surface area contributed by atoms with Crippen LogP contribution >= 0.6 is 0 Å². The smallest absolute Gasteiger partial charge is 0.227 e. The molecule has 0 spiro atoms. The van der Waals surface area contributed by atoms with E-state index >= 15 is 0 Å². The summed E-state index contributed by atoms with van der Waals surface area (Å²) in [6.45, 7) is 4.20. The predicted molar refractivity (Wildman–Crippen MR) is 73.1 cm³/mol. The van der Waals surface area contributed by atoms with E-state index in [9.17, 15) is 9.18 Å². The summed E-state index contributed by atoms with van der Waals surface area (Å²) in [5, 5.41) is 3.04. The van der Waals surface area contributed by atoms with Crippen molar-refractivity contribution in [3.63, 3.8) is 0 Å². The fourth-order valence-corrected chi connectivity index (χ4v) is 2.36. The van der Waals surface area contributed by atoms with E-state index in [2.05, 4.69) is 5.32 Å². The molecule has 1 saturated carbocycles. The van der Waals surface area contributed by atoms with E-state index < -0.39 is 0 Å². The van der Waals surface area contributed by atoms with Gasteiger partial charge in [-0.25, -0.2) is 4.39 Å². The molecule has 1 aliphatic rings. The van der Waals surface area contributed by atoms with Gasteiger partial charge in [-0.3, -0.25) is 4.79 Å². The van der Waals surface area contributed by atoms with Crippen molar-refractivity contribution in [2.45, 2.75) is 38.1 Å². The summed E-state index contributed by atoms with van der Waals surface area (Å²) in [5.41, 5.74) is 6.14. The Bertz CT molecular complexity index is 473. The van der Waals surface area contributed by atoms with Gasteiger partial charge in [0.05, 0.1) is 11.5 Å². The van der Waals surface area contributed by atoms with E-state index in [1.165, 1.54) is 12.1 Å². The van der Waals surface area contributed by atoms with Gasteiger partial charge in [0.15, 0.2) is 0 Å². The lowest BCUT2D eigenvalue weighted by molar-refractivity contribution is -0.124. The number of benzene rings is 1. The second-order valence-electron chi connectivity index (χ2n) is 5.66. The molecule has 4 heteroatoms. The number of nitrogens with one attached hydrogen (secondary N) is 1. The molecule has 2 unspecified atom stereocenters. The van der Waals surface area contributed by atoms with Gasteiger partial charge < -0.3 is 11.1 Å². The molecule has 1 amide bonds. The number of carbonyl (C=O) groups excluding carboxylic acids is 1. The van der Waals surface area contributed by atoms with Crippen molar-refractivity contribution in [2.75, 3.05) is 6.54 Å². The highest BCUT2D eigenvalue weighted by Gasteiger charge is 2.42. The maximum Gasteiger partial charge on any atom is 0.227 e. The molecular formula is C15H21FN2O. The standard InChI is InChI=1S/C15H21FN2O/c1-10(11-4-3-5-13(16)8-11)14(19)18-15(2,9-17)12-6-7-12/h3-5,8,10,12H,6-7,9,17H2,1-2H3,(H,18,19). The Hall–Kier alpha value is -1.42. The van der Waals surface area contributed by atoms with Crippen LogP contribution in [0.5, 0.6) is 0 Å². The molecule has 1 fully saturated rings. The first-order chi connectivity index (χ1) is 8.96. The van der Waals surface area contributed by atoms with Gasteiger partial charge in [-0.05, 0) is 50.3 Å². The molecule has 3 nitrogen and oxygen atoms in total. The topological polar surface area (TPSA) is 55.1 Å². The summed E-state index contributed by atoms with van der Waals surface area (Å²) < 4.78 is 13.2. The van der Waals surface area contributed by atoms with Crippen LogP contribution in [-0.4, -0.2) is 18.0 Å². The van der Waals surface area contributed by atoms with Crippen LogP contribution in [0.25, 0.3) is 0 Å². The summed E-state index contributed by atoms with van der Waals surface area (Å²) in [7, 11) is 0. The normalized spacial score (nSPS) is 19.6. The largest absolute Gasteiger partial charge is 0.349 e. The summed E-state index contributed by atoms with van der Waals surface area (Å²) >= 11 is 0.